The van der Waals surface area contributed by atoms with E-state index in [-0.39, 0.29) is 29.7 Å². The fourth-order valence-corrected chi connectivity index (χ4v) is 9.56. The van der Waals surface area contributed by atoms with E-state index in [0.29, 0.717) is 5.56 Å². The van der Waals surface area contributed by atoms with Crippen LogP contribution in [-0.4, -0.2) is 110 Å². The number of ether oxygens (including phenoxy) is 5. The Balaban J connectivity index is 1.49. The quantitative estimate of drug-likeness (QED) is 0.147. The van der Waals surface area contributed by atoms with Crippen molar-refractivity contribution in [3.63, 3.8) is 0 Å². The van der Waals surface area contributed by atoms with Gasteiger partial charge >= 0.3 is 24.0 Å². The van der Waals surface area contributed by atoms with Crippen LogP contribution in [0, 0.1) is 16.7 Å². The maximum Gasteiger partial charge on any atom is 0.408 e. The van der Waals surface area contributed by atoms with Crippen molar-refractivity contribution < 1.29 is 68.1 Å². The Morgan fingerprint density at radius 1 is 0.948 bits per heavy atom. The van der Waals surface area contributed by atoms with Gasteiger partial charge in [-0.3, -0.25) is 9.59 Å². The van der Waals surface area contributed by atoms with E-state index in [2.05, 4.69) is 5.32 Å². The first-order valence-electron chi connectivity index (χ1n) is 19.3. The molecule has 2 aromatic carbocycles. The maximum atomic E-state index is 14.9. The monoisotopic (exact) mass is 807 g/mol. The Kier molecular flexibility index (Phi) is 11.2. The molecule has 4 aliphatic rings. The Labute approximate surface area is 336 Å². The molecule has 0 radical (unpaired) electrons. The number of fused-ring (bicyclic) bond motifs is 5. The molecule has 58 heavy (non-hydrogen) atoms. The molecule has 2 saturated carbocycles. The van der Waals surface area contributed by atoms with E-state index in [0.717, 1.165) is 6.92 Å². The number of rotatable bonds is 8. The van der Waals surface area contributed by atoms with Crippen LogP contribution in [-0.2, 0) is 38.1 Å². The van der Waals surface area contributed by atoms with Gasteiger partial charge in [-0.15, -0.1) is 0 Å². The topological polar surface area (TPSA) is 224 Å². The fourth-order valence-electron chi connectivity index (χ4n) is 9.56. The van der Waals surface area contributed by atoms with Gasteiger partial charge in [0.15, 0.2) is 17.5 Å². The van der Waals surface area contributed by atoms with Gasteiger partial charge in [0.1, 0.15) is 35.6 Å². The molecule has 5 N–H and O–H groups in total. The number of hydrogen-bond acceptors (Lipinski definition) is 14. The van der Waals surface area contributed by atoms with E-state index in [4.69, 9.17) is 23.7 Å². The first-order chi connectivity index (χ1) is 27.0. The summed E-state index contributed by atoms with van der Waals surface area (Å²) in [4.78, 5) is 68.9. The fraction of sp³-hybridized carbons (Fsp3) is 0.558. The van der Waals surface area contributed by atoms with Gasteiger partial charge in [-0.1, -0.05) is 62.4 Å². The number of carbonyl (C=O) groups is 5. The van der Waals surface area contributed by atoms with Crippen LogP contribution >= 0.6 is 0 Å². The summed E-state index contributed by atoms with van der Waals surface area (Å²) in [6.07, 6.45) is -11.5. The van der Waals surface area contributed by atoms with Crippen LogP contribution in [0.4, 0.5) is 4.79 Å². The minimum Gasteiger partial charge on any atom is -0.456 e. The molecule has 2 aromatic rings. The third kappa shape index (κ3) is 7.10. The molecule has 1 heterocycles. The third-order valence-electron chi connectivity index (χ3n) is 12.6. The van der Waals surface area contributed by atoms with E-state index >= 15 is 0 Å². The summed E-state index contributed by atoms with van der Waals surface area (Å²) in [7, 11) is 0. The minimum atomic E-state index is -2.35. The lowest BCUT2D eigenvalue weighted by atomic mass is 9.44. The van der Waals surface area contributed by atoms with E-state index in [9.17, 15) is 44.4 Å². The number of alkyl carbamates (subject to hydrolysis) is 1. The number of amides is 1. The normalized spacial score (nSPS) is 33.7. The number of ketones is 1. The smallest absolute Gasteiger partial charge is 0.408 e. The van der Waals surface area contributed by atoms with Crippen molar-refractivity contribution in [1.29, 1.82) is 0 Å². The number of hydrogen-bond donors (Lipinski definition) is 5. The molecular weight excluding hydrogens is 754 g/mol. The van der Waals surface area contributed by atoms with E-state index in [1.807, 2.05) is 0 Å². The Bertz CT molecular complexity index is 1980. The molecule has 3 aliphatic carbocycles. The van der Waals surface area contributed by atoms with Gasteiger partial charge in [-0.05, 0) is 63.5 Å². The molecule has 1 aliphatic heterocycles. The van der Waals surface area contributed by atoms with Crippen molar-refractivity contribution in [3.05, 3.63) is 82.9 Å². The number of nitrogens with one attached hydrogen (secondary N) is 1. The number of carbonyl (C=O) groups excluding carboxylic acids is 5. The Morgan fingerprint density at radius 3 is 2.10 bits per heavy atom. The molecule has 314 valence electrons. The Morgan fingerprint density at radius 2 is 1.55 bits per heavy atom. The van der Waals surface area contributed by atoms with Gasteiger partial charge in [0.05, 0.1) is 35.6 Å². The zero-order chi connectivity index (χ0) is 42.7. The highest BCUT2D eigenvalue weighted by molar-refractivity contribution is 5.94. The van der Waals surface area contributed by atoms with Crippen molar-refractivity contribution in [2.75, 3.05) is 6.61 Å². The van der Waals surface area contributed by atoms with Crippen LogP contribution in [0.2, 0.25) is 0 Å². The molecule has 1 amide bonds. The van der Waals surface area contributed by atoms with Gasteiger partial charge in [-0.2, -0.15) is 0 Å². The molecule has 15 heteroatoms. The predicted octanol–water partition coefficient (Wildman–Crippen LogP) is 3.26. The van der Waals surface area contributed by atoms with Crippen LogP contribution < -0.4 is 5.32 Å². The number of aliphatic hydroxyl groups is 4. The standard InChI is InChI=1S/C43H53NO14/c1-22-26(55-37(51)32(48)30(24-15-11-9-12-16-24)44-38(52)58-39(3,4)5)20-43(53)35(56-36(50)25-17-13-10-14-18-25)33-41(8,34(49)31(47)29(22)40(43,6)7)27(46)19-28-42(33,21-54-28)57-23(2)45/h9-18,26-28,30-33,35,46-48,53H,19-21H2,1-8H3,(H,44,52)/t26-,27-,28?,30?,31+,32+,33-,35-,41+,42-,43?/m0/s1. The highest BCUT2D eigenvalue weighted by Gasteiger charge is 2.78. The summed E-state index contributed by atoms with van der Waals surface area (Å²) in [5, 5.41) is 51.6. The zero-order valence-corrected chi connectivity index (χ0v) is 33.9. The lowest BCUT2D eigenvalue weighted by Gasteiger charge is -2.67. The minimum absolute atomic E-state index is 0.0637. The second-order valence-corrected chi connectivity index (χ2v) is 17.6. The van der Waals surface area contributed by atoms with Crippen LogP contribution in [0.25, 0.3) is 0 Å². The van der Waals surface area contributed by atoms with E-state index in [1.54, 1.807) is 83.1 Å². The molecule has 3 unspecified atom stereocenters. The SMILES string of the molecule is CC(=O)O[C@@]12COC1C[C@H](O)[C@@]1(C)C(=O)[C@H](O)C3=C(C)[C@@H](OC(=O)[C@H](O)C(NC(=O)OC(C)(C)C)c4ccccc4)CC(O)([C@@H](OC(=O)c4ccccc4)[C@@H]12)C3(C)C. The number of Topliss-reactive ketones (excluding diaryl/α,β-unsaturated/α-hetero) is 1. The van der Waals surface area contributed by atoms with Gasteiger partial charge < -0.3 is 49.4 Å². The third-order valence-corrected chi connectivity index (χ3v) is 12.6. The van der Waals surface area contributed by atoms with E-state index in [1.165, 1.54) is 26.0 Å². The summed E-state index contributed by atoms with van der Waals surface area (Å²) < 4.78 is 29.5. The average molecular weight is 808 g/mol. The second kappa shape index (κ2) is 15.2. The summed E-state index contributed by atoms with van der Waals surface area (Å²) in [6, 6.07) is 14.6. The highest BCUT2D eigenvalue weighted by atomic mass is 16.6. The highest BCUT2D eigenvalue weighted by Crippen LogP contribution is 2.64. The molecule has 2 bridgehead atoms. The van der Waals surface area contributed by atoms with Gasteiger partial charge in [0.2, 0.25) is 0 Å². The van der Waals surface area contributed by atoms with Crippen molar-refractivity contribution >= 4 is 29.8 Å². The zero-order valence-electron chi connectivity index (χ0n) is 33.9. The lowest BCUT2D eigenvalue weighted by molar-refractivity contribution is -0.346. The first-order valence-corrected chi connectivity index (χ1v) is 19.3. The van der Waals surface area contributed by atoms with Crippen LogP contribution in [0.15, 0.2) is 71.8 Å². The summed E-state index contributed by atoms with van der Waals surface area (Å²) in [6.45, 7) is 11.8. The number of aliphatic hydroxyl groups excluding tert-OH is 3. The second-order valence-electron chi connectivity index (χ2n) is 17.6. The summed E-state index contributed by atoms with van der Waals surface area (Å²) in [5.41, 5.74) is -8.14. The molecule has 11 atom stereocenters. The van der Waals surface area contributed by atoms with Crippen LogP contribution in [0.3, 0.4) is 0 Å². The first kappa shape index (κ1) is 42.9. The molecule has 3 fully saturated rings. The summed E-state index contributed by atoms with van der Waals surface area (Å²) in [5.74, 6) is -5.36. The van der Waals surface area contributed by atoms with Crippen molar-refractivity contribution in [3.8, 4) is 0 Å². The molecule has 0 aromatic heterocycles. The number of esters is 3. The number of benzene rings is 2. The molecule has 0 spiro atoms. The molecule has 6 rings (SSSR count). The van der Waals surface area contributed by atoms with Crippen molar-refractivity contribution in [1.82, 2.24) is 5.32 Å². The average Bonchev–Trinajstić information content (AvgIpc) is 3.14. The van der Waals surface area contributed by atoms with Gasteiger partial charge in [0.25, 0.3) is 0 Å². The predicted molar refractivity (Wildman–Crippen MR) is 204 cm³/mol. The molecule has 1 saturated heterocycles. The molecule has 15 nitrogen and oxygen atoms in total. The lowest BCUT2D eigenvalue weighted by Crippen LogP contribution is -2.81. The molecular formula is C43H53NO14. The van der Waals surface area contributed by atoms with Crippen LogP contribution in [0.1, 0.15) is 90.2 Å². The Hall–Kier alpha value is -4.67. The van der Waals surface area contributed by atoms with Crippen LogP contribution in [0.5, 0.6) is 0 Å². The van der Waals surface area contributed by atoms with Crippen molar-refractivity contribution in [2.45, 2.75) is 128 Å². The van der Waals surface area contributed by atoms with E-state index < -0.39 is 112 Å². The summed E-state index contributed by atoms with van der Waals surface area (Å²) >= 11 is 0. The van der Waals surface area contributed by atoms with Gasteiger partial charge in [-0.25, -0.2) is 14.4 Å². The maximum absolute atomic E-state index is 14.9. The van der Waals surface area contributed by atoms with Gasteiger partial charge in [0, 0.05) is 25.2 Å². The largest absolute Gasteiger partial charge is 0.456 e. The van der Waals surface area contributed by atoms with Crippen molar-refractivity contribution in [2.24, 2.45) is 16.7 Å².